The molecule has 1 amide bonds. The van der Waals surface area contributed by atoms with Crippen molar-refractivity contribution in [3.8, 4) is 5.75 Å². The Balaban J connectivity index is 1.49. The van der Waals surface area contributed by atoms with E-state index in [1.54, 1.807) is 28.7 Å². The average molecular weight is 472 g/mol. The molecule has 182 valence electrons. The van der Waals surface area contributed by atoms with Crippen LogP contribution in [0.2, 0.25) is 0 Å². The lowest BCUT2D eigenvalue weighted by Gasteiger charge is -2.23. The number of hydrogen-bond donors (Lipinski definition) is 4. The smallest absolute Gasteiger partial charge is 0.237 e. The van der Waals surface area contributed by atoms with Gasteiger partial charge < -0.3 is 35.6 Å². The van der Waals surface area contributed by atoms with Gasteiger partial charge in [-0.25, -0.2) is 15.0 Å². The van der Waals surface area contributed by atoms with E-state index in [2.05, 4.69) is 20.3 Å². The van der Waals surface area contributed by atoms with Crippen molar-refractivity contribution in [2.75, 3.05) is 32.7 Å². The van der Waals surface area contributed by atoms with E-state index in [9.17, 15) is 15.0 Å². The third-order valence-corrected chi connectivity index (χ3v) is 5.85. The number of aromatic nitrogens is 4. The number of carbonyl (C=O) groups excluding carboxylic acids is 1. The number of hydrogen-bond acceptors (Lipinski definition) is 10. The molecule has 12 nitrogen and oxygen atoms in total. The number of benzene rings is 1. The number of methoxy groups -OCH3 is 1. The molecular weight excluding hydrogens is 442 g/mol. The molecule has 0 bridgehead atoms. The number of nitrogens with two attached hydrogens (primary N) is 1. The molecule has 0 radical (unpaired) electrons. The molecule has 0 saturated carbocycles. The van der Waals surface area contributed by atoms with Gasteiger partial charge in [-0.15, -0.1) is 0 Å². The van der Waals surface area contributed by atoms with Crippen LogP contribution in [0.5, 0.6) is 5.75 Å². The zero-order valence-corrected chi connectivity index (χ0v) is 19.2. The Kier molecular flexibility index (Phi) is 6.93. The SMILES string of the molecule is COc1ccc(C[C@H](N)C(=O)NC2C(CO)OC(n3cnc4c(N(C)C)ncnc43)C2O)cc1. The van der Waals surface area contributed by atoms with E-state index in [1.165, 1.54) is 12.7 Å². The molecule has 3 aromatic rings. The average Bonchev–Trinajstić information content (AvgIpc) is 3.40. The summed E-state index contributed by atoms with van der Waals surface area (Å²) >= 11 is 0. The second kappa shape index (κ2) is 9.89. The standard InChI is InChI=1S/C22H29N7O5/c1-28(2)19-17-20(25-10-24-19)29(11-26-17)22-18(31)16(15(9-30)34-22)27-21(32)14(23)8-12-4-6-13(33-3)7-5-12/h4-7,10-11,14-16,18,22,30-31H,8-9,23H2,1-3H3,(H,27,32)/t14-,15?,16?,18?,22?/m0/s1. The highest BCUT2D eigenvalue weighted by molar-refractivity contribution is 5.83. The number of nitrogens with zero attached hydrogens (tertiary/aromatic N) is 5. The molecule has 5 atom stereocenters. The summed E-state index contributed by atoms with van der Waals surface area (Å²) in [5.41, 5.74) is 7.98. The Morgan fingerprint density at radius 2 is 2.03 bits per heavy atom. The molecule has 1 aromatic carbocycles. The Bertz CT molecular complexity index is 1140. The van der Waals surface area contributed by atoms with E-state index in [0.29, 0.717) is 29.2 Å². The first kappa shape index (κ1) is 23.8. The van der Waals surface area contributed by atoms with Gasteiger partial charge in [-0.2, -0.15) is 0 Å². The van der Waals surface area contributed by atoms with Gasteiger partial charge in [0.25, 0.3) is 0 Å². The van der Waals surface area contributed by atoms with E-state index in [-0.39, 0.29) is 0 Å². The van der Waals surface area contributed by atoms with Gasteiger partial charge in [0.15, 0.2) is 23.2 Å². The van der Waals surface area contributed by atoms with Crippen molar-refractivity contribution in [2.45, 2.75) is 36.9 Å². The van der Waals surface area contributed by atoms with Crippen LogP contribution in [0, 0.1) is 0 Å². The fourth-order valence-corrected chi connectivity index (χ4v) is 4.04. The van der Waals surface area contributed by atoms with Crippen LogP contribution >= 0.6 is 0 Å². The minimum atomic E-state index is -1.18. The van der Waals surface area contributed by atoms with E-state index in [4.69, 9.17) is 15.2 Å². The molecule has 0 aliphatic carbocycles. The van der Waals surface area contributed by atoms with Crippen LogP contribution < -0.4 is 20.7 Å². The van der Waals surface area contributed by atoms with Gasteiger partial charge in [-0.1, -0.05) is 12.1 Å². The zero-order valence-electron chi connectivity index (χ0n) is 19.2. The minimum Gasteiger partial charge on any atom is -0.497 e. The predicted octanol–water partition coefficient (Wildman–Crippen LogP) is -0.794. The Hall–Kier alpha value is -3.32. The van der Waals surface area contributed by atoms with Crippen molar-refractivity contribution in [3.05, 3.63) is 42.5 Å². The Morgan fingerprint density at radius 3 is 2.68 bits per heavy atom. The molecule has 1 fully saturated rings. The summed E-state index contributed by atoms with van der Waals surface area (Å²) in [4.78, 5) is 27.5. The number of rotatable bonds is 8. The van der Waals surface area contributed by atoms with Gasteiger partial charge in [-0.3, -0.25) is 9.36 Å². The van der Waals surface area contributed by atoms with Gasteiger partial charge in [-0.05, 0) is 24.1 Å². The van der Waals surface area contributed by atoms with Crippen molar-refractivity contribution in [2.24, 2.45) is 5.73 Å². The van der Waals surface area contributed by atoms with E-state index in [0.717, 1.165) is 5.56 Å². The second-order valence-electron chi connectivity index (χ2n) is 8.35. The van der Waals surface area contributed by atoms with Crippen LogP contribution in [-0.2, 0) is 16.0 Å². The van der Waals surface area contributed by atoms with Crippen LogP contribution in [0.3, 0.4) is 0 Å². The molecule has 5 N–H and O–H groups in total. The van der Waals surface area contributed by atoms with Crippen LogP contribution in [0.4, 0.5) is 5.82 Å². The number of imidazole rings is 1. The van der Waals surface area contributed by atoms with Crippen LogP contribution in [0.15, 0.2) is 36.9 Å². The Labute approximate surface area is 196 Å². The molecular formula is C22H29N7O5. The zero-order chi connectivity index (χ0) is 24.4. The molecule has 4 rings (SSSR count). The van der Waals surface area contributed by atoms with Gasteiger partial charge in [0, 0.05) is 14.1 Å². The maximum atomic E-state index is 12.8. The molecule has 3 heterocycles. The molecule has 34 heavy (non-hydrogen) atoms. The van der Waals surface area contributed by atoms with Crippen molar-refractivity contribution in [1.29, 1.82) is 0 Å². The van der Waals surface area contributed by atoms with E-state index >= 15 is 0 Å². The van der Waals surface area contributed by atoms with Gasteiger partial charge in [0.2, 0.25) is 5.91 Å². The van der Waals surface area contributed by atoms with Crippen LogP contribution in [0.1, 0.15) is 11.8 Å². The molecule has 0 spiro atoms. The van der Waals surface area contributed by atoms with Crippen LogP contribution in [-0.4, -0.2) is 87.7 Å². The van der Waals surface area contributed by atoms with Gasteiger partial charge in [0.05, 0.1) is 32.1 Å². The van der Waals surface area contributed by atoms with E-state index < -0.39 is 43.0 Å². The number of ether oxygens (including phenoxy) is 2. The number of fused-ring (bicyclic) bond motifs is 1. The fourth-order valence-electron chi connectivity index (χ4n) is 4.04. The highest BCUT2D eigenvalue weighted by atomic mass is 16.5. The predicted molar refractivity (Wildman–Crippen MR) is 123 cm³/mol. The number of amides is 1. The quantitative estimate of drug-likeness (QED) is 0.328. The van der Waals surface area contributed by atoms with Gasteiger partial charge in [0.1, 0.15) is 24.3 Å². The highest BCUT2D eigenvalue weighted by Crippen LogP contribution is 2.32. The number of aliphatic hydroxyl groups excluding tert-OH is 2. The molecule has 1 aliphatic rings. The normalized spacial score (nSPS) is 23.1. The molecule has 1 aliphatic heterocycles. The summed E-state index contributed by atoms with van der Waals surface area (Å²) in [6.45, 7) is -0.406. The first-order chi connectivity index (χ1) is 16.3. The maximum absolute atomic E-state index is 12.8. The van der Waals surface area contributed by atoms with Gasteiger partial charge >= 0.3 is 0 Å². The first-order valence-corrected chi connectivity index (χ1v) is 10.8. The molecule has 12 heteroatoms. The fraction of sp³-hybridized carbons (Fsp3) is 0.455. The Morgan fingerprint density at radius 1 is 1.29 bits per heavy atom. The number of anilines is 1. The molecule has 2 aromatic heterocycles. The summed E-state index contributed by atoms with van der Waals surface area (Å²) < 4.78 is 12.6. The first-order valence-electron chi connectivity index (χ1n) is 10.8. The molecule has 1 saturated heterocycles. The van der Waals surface area contributed by atoms with Crippen LogP contribution in [0.25, 0.3) is 11.2 Å². The lowest BCUT2D eigenvalue weighted by atomic mass is 10.0. The van der Waals surface area contributed by atoms with Crippen molar-refractivity contribution in [3.63, 3.8) is 0 Å². The molecule has 4 unspecified atom stereocenters. The largest absolute Gasteiger partial charge is 0.497 e. The summed E-state index contributed by atoms with van der Waals surface area (Å²) in [5.74, 6) is 0.861. The van der Waals surface area contributed by atoms with Crippen molar-refractivity contribution < 1.29 is 24.5 Å². The summed E-state index contributed by atoms with van der Waals surface area (Å²) in [5, 5.41) is 23.6. The monoisotopic (exact) mass is 471 g/mol. The number of carbonyl (C=O) groups is 1. The van der Waals surface area contributed by atoms with E-state index in [1.807, 2.05) is 26.2 Å². The summed E-state index contributed by atoms with van der Waals surface area (Å²) in [7, 11) is 5.25. The second-order valence-corrected chi connectivity index (χ2v) is 8.35. The summed E-state index contributed by atoms with van der Waals surface area (Å²) in [6, 6.07) is 5.52. The van der Waals surface area contributed by atoms with Crippen molar-refractivity contribution >= 4 is 22.9 Å². The minimum absolute atomic E-state index is 0.295. The highest BCUT2D eigenvalue weighted by Gasteiger charge is 2.46. The summed E-state index contributed by atoms with van der Waals surface area (Å²) in [6.07, 6.45) is 0.250. The number of aliphatic hydroxyl groups is 2. The lowest BCUT2D eigenvalue weighted by Crippen LogP contribution is -2.53. The van der Waals surface area contributed by atoms with Crippen molar-refractivity contribution in [1.82, 2.24) is 24.8 Å². The topological polar surface area (TPSA) is 161 Å². The maximum Gasteiger partial charge on any atom is 0.237 e. The third kappa shape index (κ3) is 4.53. The third-order valence-electron chi connectivity index (χ3n) is 5.85. The number of nitrogens with one attached hydrogen (secondary N) is 1. The lowest BCUT2D eigenvalue weighted by molar-refractivity contribution is -0.124.